The van der Waals surface area contributed by atoms with E-state index >= 15 is 0 Å². The van der Waals surface area contributed by atoms with Crippen molar-refractivity contribution in [3.8, 4) is 0 Å². The fourth-order valence-corrected chi connectivity index (χ4v) is 3.92. The van der Waals surface area contributed by atoms with Crippen molar-refractivity contribution in [1.82, 2.24) is 10.0 Å². The van der Waals surface area contributed by atoms with Crippen LogP contribution < -0.4 is 10.0 Å². The monoisotopic (exact) mass is 262 g/mol. The Hall–Kier alpha value is -0.170. The molecule has 0 aromatic carbocycles. The SMILES string of the molecule is O=S(=O)(NCC1CCCOC1)C1CCCNC1. The molecule has 2 atom stereocenters. The Morgan fingerprint density at radius 3 is 2.82 bits per heavy atom. The second kappa shape index (κ2) is 6.13. The van der Waals surface area contributed by atoms with Gasteiger partial charge < -0.3 is 10.1 Å². The number of sulfonamides is 1. The zero-order chi connectivity index (χ0) is 12.1. The van der Waals surface area contributed by atoms with Crippen LogP contribution in [-0.4, -0.2) is 46.5 Å². The van der Waals surface area contributed by atoms with Crippen molar-refractivity contribution in [3.63, 3.8) is 0 Å². The molecule has 17 heavy (non-hydrogen) atoms. The normalized spacial score (nSPS) is 31.3. The Balaban J connectivity index is 1.79. The Bertz CT molecular complexity index is 320. The molecule has 0 bridgehead atoms. The van der Waals surface area contributed by atoms with Gasteiger partial charge in [-0.1, -0.05) is 0 Å². The minimum atomic E-state index is -3.15. The summed E-state index contributed by atoms with van der Waals surface area (Å²) >= 11 is 0. The summed E-state index contributed by atoms with van der Waals surface area (Å²) in [4.78, 5) is 0. The molecule has 0 aliphatic carbocycles. The van der Waals surface area contributed by atoms with Crippen molar-refractivity contribution in [2.24, 2.45) is 5.92 Å². The van der Waals surface area contributed by atoms with Crippen LogP contribution >= 0.6 is 0 Å². The van der Waals surface area contributed by atoms with E-state index in [4.69, 9.17) is 4.74 Å². The van der Waals surface area contributed by atoms with Gasteiger partial charge in [0.2, 0.25) is 10.0 Å². The lowest BCUT2D eigenvalue weighted by atomic mass is 10.0. The van der Waals surface area contributed by atoms with E-state index in [0.29, 0.717) is 25.6 Å². The molecule has 100 valence electrons. The fraction of sp³-hybridized carbons (Fsp3) is 1.00. The Kier molecular flexibility index (Phi) is 4.78. The van der Waals surface area contributed by atoms with E-state index in [1.165, 1.54) is 0 Å². The molecule has 2 saturated heterocycles. The van der Waals surface area contributed by atoms with Crippen LogP contribution in [0.15, 0.2) is 0 Å². The molecule has 0 aromatic heterocycles. The third kappa shape index (κ3) is 3.91. The average molecular weight is 262 g/mol. The number of nitrogens with one attached hydrogen (secondary N) is 2. The predicted molar refractivity (Wildman–Crippen MR) is 66.4 cm³/mol. The lowest BCUT2D eigenvalue weighted by Crippen LogP contribution is -2.45. The number of hydrogen-bond donors (Lipinski definition) is 2. The van der Waals surface area contributed by atoms with Gasteiger partial charge in [-0.3, -0.25) is 0 Å². The van der Waals surface area contributed by atoms with E-state index in [1.807, 2.05) is 0 Å². The van der Waals surface area contributed by atoms with Crippen LogP contribution in [0.4, 0.5) is 0 Å². The van der Waals surface area contributed by atoms with Crippen LogP contribution in [0, 0.1) is 5.92 Å². The van der Waals surface area contributed by atoms with Crippen molar-refractivity contribution >= 4 is 10.0 Å². The smallest absolute Gasteiger partial charge is 0.215 e. The van der Waals surface area contributed by atoms with Crippen LogP contribution in [0.2, 0.25) is 0 Å². The minimum absolute atomic E-state index is 0.263. The Morgan fingerprint density at radius 1 is 1.29 bits per heavy atom. The standard InChI is InChI=1S/C11H22N2O3S/c14-17(15,11-4-1-5-12-8-11)13-7-10-3-2-6-16-9-10/h10-13H,1-9H2. The number of ether oxygens (including phenoxy) is 1. The van der Waals surface area contributed by atoms with Crippen molar-refractivity contribution in [2.45, 2.75) is 30.9 Å². The molecule has 2 heterocycles. The van der Waals surface area contributed by atoms with E-state index in [2.05, 4.69) is 10.0 Å². The molecule has 0 saturated carbocycles. The Labute approximate surface area is 103 Å². The van der Waals surface area contributed by atoms with Crippen LogP contribution in [0.25, 0.3) is 0 Å². The minimum Gasteiger partial charge on any atom is -0.381 e. The average Bonchev–Trinajstić information content (AvgIpc) is 2.39. The van der Waals surface area contributed by atoms with Crippen molar-refractivity contribution in [1.29, 1.82) is 0 Å². The molecule has 0 aromatic rings. The second-order valence-electron chi connectivity index (χ2n) is 4.95. The van der Waals surface area contributed by atoms with Gasteiger partial charge in [0.1, 0.15) is 0 Å². The first kappa shape index (κ1) is 13.3. The molecule has 6 heteroatoms. The summed E-state index contributed by atoms with van der Waals surface area (Å²) in [6, 6.07) is 0. The highest BCUT2D eigenvalue weighted by Crippen LogP contribution is 2.14. The van der Waals surface area contributed by atoms with Crippen molar-refractivity contribution in [2.75, 3.05) is 32.8 Å². The summed E-state index contributed by atoms with van der Waals surface area (Å²) in [5, 5.41) is 2.87. The number of rotatable bonds is 4. The van der Waals surface area contributed by atoms with E-state index < -0.39 is 10.0 Å². The van der Waals surface area contributed by atoms with Gasteiger partial charge in [-0.15, -0.1) is 0 Å². The van der Waals surface area contributed by atoms with Gasteiger partial charge in [0, 0.05) is 19.7 Å². The largest absolute Gasteiger partial charge is 0.381 e. The summed E-state index contributed by atoms with van der Waals surface area (Å²) in [7, 11) is -3.15. The van der Waals surface area contributed by atoms with Gasteiger partial charge in [-0.05, 0) is 38.1 Å². The van der Waals surface area contributed by atoms with E-state index in [0.717, 1.165) is 38.8 Å². The molecule has 2 unspecified atom stereocenters. The molecule has 0 radical (unpaired) electrons. The molecule has 0 spiro atoms. The first-order chi connectivity index (χ1) is 8.18. The van der Waals surface area contributed by atoms with Gasteiger partial charge in [-0.2, -0.15) is 0 Å². The van der Waals surface area contributed by atoms with E-state index in [9.17, 15) is 8.42 Å². The van der Waals surface area contributed by atoms with Crippen molar-refractivity contribution in [3.05, 3.63) is 0 Å². The maximum Gasteiger partial charge on any atom is 0.215 e. The van der Waals surface area contributed by atoms with E-state index in [1.54, 1.807) is 0 Å². The first-order valence-corrected chi connectivity index (χ1v) is 8.00. The quantitative estimate of drug-likeness (QED) is 0.753. The molecule has 0 amide bonds. The number of hydrogen-bond acceptors (Lipinski definition) is 4. The molecular formula is C11H22N2O3S. The summed E-state index contributed by atoms with van der Waals surface area (Å²) < 4.78 is 32.2. The third-order valence-corrected chi connectivity index (χ3v) is 5.37. The zero-order valence-corrected chi connectivity index (χ0v) is 11.0. The molecule has 2 rings (SSSR count). The van der Waals surface area contributed by atoms with Crippen LogP contribution in [0.5, 0.6) is 0 Å². The number of piperidine rings is 1. The van der Waals surface area contributed by atoms with Crippen LogP contribution in [0.1, 0.15) is 25.7 Å². The predicted octanol–water partition coefficient (Wildman–Crippen LogP) is 0.0844. The molecule has 2 aliphatic rings. The molecule has 2 fully saturated rings. The second-order valence-corrected chi connectivity index (χ2v) is 6.99. The summed E-state index contributed by atoms with van der Waals surface area (Å²) in [6.45, 7) is 3.54. The maximum atomic E-state index is 12.0. The Morgan fingerprint density at radius 2 is 2.18 bits per heavy atom. The first-order valence-electron chi connectivity index (χ1n) is 6.45. The lowest BCUT2D eigenvalue weighted by Gasteiger charge is -2.26. The lowest BCUT2D eigenvalue weighted by molar-refractivity contribution is 0.0567. The summed E-state index contributed by atoms with van der Waals surface area (Å²) in [6.07, 6.45) is 3.81. The molecule has 5 nitrogen and oxygen atoms in total. The van der Waals surface area contributed by atoms with Gasteiger partial charge >= 0.3 is 0 Å². The van der Waals surface area contributed by atoms with Crippen molar-refractivity contribution < 1.29 is 13.2 Å². The highest BCUT2D eigenvalue weighted by molar-refractivity contribution is 7.90. The maximum absolute atomic E-state index is 12.0. The van der Waals surface area contributed by atoms with Gasteiger partial charge in [-0.25, -0.2) is 13.1 Å². The zero-order valence-electron chi connectivity index (χ0n) is 10.2. The summed E-state index contributed by atoms with van der Waals surface area (Å²) in [5.41, 5.74) is 0. The van der Waals surface area contributed by atoms with Crippen LogP contribution in [0.3, 0.4) is 0 Å². The van der Waals surface area contributed by atoms with Gasteiger partial charge in [0.05, 0.1) is 11.9 Å². The molecule has 2 aliphatic heterocycles. The highest BCUT2D eigenvalue weighted by Gasteiger charge is 2.27. The molecular weight excluding hydrogens is 240 g/mol. The fourth-order valence-electron chi connectivity index (χ4n) is 2.40. The van der Waals surface area contributed by atoms with E-state index in [-0.39, 0.29) is 5.25 Å². The highest BCUT2D eigenvalue weighted by atomic mass is 32.2. The summed E-state index contributed by atoms with van der Waals surface area (Å²) in [5.74, 6) is 0.343. The molecule has 2 N–H and O–H groups in total. The van der Waals surface area contributed by atoms with Gasteiger partial charge in [0.25, 0.3) is 0 Å². The topological polar surface area (TPSA) is 67.4 Å². The van der Waals surface area contributed by atoms with Crippen LogP contribution in [-0.2, 0) is 14.8 Å². The van der Waals surface area contributed by atoms with Gasteiger partial charge in [0.15, 0.2) is 0 Å². The third-order valence-electron chi connectivity index (χ3n) is 3.52.